The maximum Gasteiger partial charge on any atom is 0.153 e. The van der Waals surface area contributed by atoms with Crippen LogP contribution in [0.25, 0.3) is 0 Å². The van der Waals surface area contributed by atoms with Gasteiger partial charge in [0.15, 0.2) is 5.15 Å². The first-order valence-electron chi connectivity index (χ1n) is 4.58. The van der Waals surface area contributed by atoms with E-state index in [4.69, 9.17) is 11.6 Å². The first-order chi connectivity index (χ1) is 7.11. The molecular weight excluding hydrogens is 300 g/mol. The van der Waals surface area contributed by atoms with Crippen molar-refractivity contribution in [3.05, 3.63) is 21.4 Å². The lowest BCUT2D eigenvalue weighted by molar-refractivity contribution is 0.685. The third-order valence-corrected chi connectivity index (χ3v) is 4.95. The van der Waals surface area contributed by atoms with Gasteiger partial charge in [-0.2, -0.15) is 0 Å². The number of halogens is 2. The quantitative estimate of drug-likeness (QED) is 0.747. The van der Waals surface area contributed by atoms with Crippen molar-refractivity contribution in [3.8, 4) is 0 Å². The molecule has 0 spiro atoms. The second kappa shape index (κ2) is 4.39. The maximum absolute atomic E-state index is 11.7. The van der Waals surface area contributed by atoms with Crippen LogP contribution in [-0.2, 0) is 11.0 Å². The second-order valence-corrected chi connectivity index (χ2v) is 6.06. The number of anilines is 1. The van der Waals surface area contributed by atoms with Gasteiger partial charge in [-0.25, -0.2) is 9.19 Å². The summed E-state index contributed by atoms with van der Waals surface area (Å²) in [5, 5.41) is 0.422. The van der Waals surface area contributed by atoms with Gasteiger partial charge >= 0.3 is 0 Å². The van der Waals surface area contributed by atoms with Crippen molar-refractivity contribution >= 4 is 44.2 Å². The molecule has 0 N–H and O–H groups in total. The van der Waals surface area contributed by atoms with Gasteiger partial charge in [-0.1, -0.05) is 11.6 Å². The summed E-state index contributed by atoms with van der Waals surface area (Å²) < 4.78 is 14.4. The van der Waals surface area contributed by atoms with Crippen LogP contribution in [-0.4, -0.2) is 21.5 Å². The van der Waals surface area contributed by atoms with Gasteiger partial charge in [-0.3, -0.25) is 4.31 Å². The Hall–Kier alpha value is -0.130. The molecule has 0 amide bonds. The summed E-state index contributed by atoms with van der Waals surface area (Å²) in [4.78, 5) is 4.06. The molecule has 0 saturated carbocycles. The molecule has 1 aliphatic heterocycles. The Kier molecular flexibility index (Phi) is 3.33. The average molecular weight is 310 g/mol. The summed E-state index contributed by atoms with van der Waals surface area (Å²) in [6.07, 6.45) is 2.61. The van der Waals surface area contributed by atoms with E-state index in [1.807, 2.05) is 11.2 Å². The number of hydrogen-bond donors (Lipinski definition) is 0. The third kappa shape index (κ3) is 2.05. The molecule has 0 radical (unpaired) electrons. The lowest BCUT2D eigenvalue weighted by atomic mass is 10.2. The van der Waals surface area contributed by atoms with Gasteiger partial charge < -0.3 is 0 Å². The standard InChI is InChI=1S/C9H10BrClN2OS/c1-6-7(10)5-12-9(11)8(6)13-3-2-4-15(13)14/h5H,2-4H2,1H3. The van der Waals surface area contributed by atoms with Crippen LogP contribution in [0.15, 0.2) is 10.7 Å². The molecule has 1 saturated heterocycles. The van der Waals surface area contributed by atoms with E-state index in [-0.39, 0.29) is 0 Å². The summed E-state index contributed by atoms with van der Waals surface area (Å²) in [5.41, 5.74) is 1.78. The zero-order chi connectivity index (χ0) is 11.0. The fraction of sp³-hybridized carbons (Fsp3) is 0.444. The van der Waals surface area contributed by atoms with Crippen LogP contribution in [0.5, 0.6) is 0 Å². The predicted octanol–water partition coefficient (Wildman–Crippen LogP) is 2.68. The summed E-state index contributed by atoms with van der Waals surface area (Å²) in [5.74, 6) is 0.711. The smallest absolute Gasteiger partial charge is 0.153 e. The van der Waals surface area contributed by atoms with Gasteiger partial charge in [-0.15, -0.1) is 0 Å². The van der Waals surface area contributed by atoms with E-state index in [1.165, 1.54) is 0 Å². The van der Waals surface area contributed by atoms with Crippen LogP contribution < -0.4 is 4.31 Å². The van der Waals surface area contributed by atoms with Crippen molar-refractivity contribution in [2.75, 3.05) is 16.6 Å². The number of pyridine rings is 1. The molecule has 1 fully saturated rings. The SMILES string of the molecule is Cc1c(Br)cnc(Cl)c1N1CCCS1=O. The second-order valence-electron chi connectivity index (χ2n) is 3.35. The molecule has 2 rings (SSSR count). The average Bonchev–Trinajstić information content (AvgIpc) is 2.60. The summed E-state index contributed by atoms with van der Waals surface area (Å²) >= 11 is 9.44. The molecular formula is C9H10BrClN2OS. The van der Waals surface area contributed by atoms with Crippen LogP contribution in [0.3, 0.4) is 0 Å². The summed E-state index contributed by atoms with van der Waals surface area (Å²) in [6, 6.07) is 0. The van der Waals surface area contributed by atoms with E-state index in [2.05, 4.69) is 20.9 Å². The molecule has 0 aromatic carbocycles. The van der Waals surface area contributed by atoms with Crippen molar-refractivity contribution in [2.45, 2.75) is 13.3 Å². The Bertz CT molecular complexity index is 427. The molecule has 1 aromatic heterocycles. The molecule has 0 bridgehead atoms. The van der Waals surface area contributed by atoms with Crippen molar-refractivity contribution in [1.29, 1.82) is 0 Å². The van der Waals surface area contributed by atoms with Crippen molar-refractivity contribution in [2.24, 2.45) is 0 Å². The van der Waals surface area contributed by atoms with Crippen LogP contribution in [0.2, 0.25) is 5.15 Å². The first-order valence-corrected chi connectivity index (χ1v) is 7.02. The molecule has 6 heteroatoms. The largest absolute Gasteiger partial charge is 0.288 e. The highest BCUT2D eigenvalue weighted by Crippen LogP contribution is 2.34. The van der Waals surface area contributed by atoms with Crippen LogP contribution >= 0.6 is 27.5 Å². The first kappa shape index (κ1) is 11.4. The minimum absolute atomic E-state index is 0.422. The van der Waals surface area contributed by atoms with Gasteiger partial charge in [0.05, 0.1) is 5.69 Å². The van der Waals surface area contributed by atoms with Crippen molar-refractivity contribution < 1.29 is 4.21 Å². The van der Waals surface area contributed by atoms with Crippen LogP contribution in [0, 0.1) is 6.92 Å². The van der Waals surface area contributed by atoms with Gasteiger partial charge in [0.1, 0.15) is 11.0 Å². The molecule has 82 valence electrons. The van der Waals surface area contributed by atoms with Crippen molar-refractivity contribution in [3.63, 3.8) is 0 Å². The zero-order valence-electron chi connectivity index (χ0n) is 8.17. The molecule has 2 heterocycles. The molecule has 15 heavy (non-hydrogen) atoms. The number of rotatable bonds is 1. The van der Waals surface area contributed by atoms with E-state index in [9.17, 15) is 4.21 Å². The Balaban J connectivity index is 2.51. The molecule has 3 nitrogen and oxygen atoms in total. The molecule has 0 aliphatic carbocycles. The number of nitrogens with zero attached hydrogens (tertiary/aromatic N) is 2. The number of hydrogen-bond acceptors (Lipinski definition) is 2. The monoisotopic (exact) mass is 308 g/mol. The van der Waals surface area contributed by atoms with Gasteiger partial charge in [0.2, 0.25) is 0 Å². The minimum atomic E-state index is -0.952. The fourth-order valence-corrected chi connectivity index (χ4v) is 3.58. The van der Waals surface area contributed by atoms with Crippen molar-refractivity contribution in [1.82, 2.24) is 4.98 Å². The highest BCUT2D eigenvalue weighted by atomic mass is 79.9. The van der Waals surface area contributed by atoms with Crippen LogP contribution in [0.4, 0.5) is 5.69 Å². The van der Waals surface area contributed by atoms with Gasteiger partial charge in [0.25, 0.3) is 0 Å². The Morgan fingerprint density at radius 3 is 3.00 bits per heavy atom. The lowest BCUT2D eigenvalue weighted by Crippen LogP contribution is -2.21. The molecule has 1 aliphatic rings. The topological polar surface area (TPSA) is 33.2 Å². The summed E-state index contributed by atoms with van der Waals surface area (Å²) in [7, 11) is -0.952. The zero-order valence-corrected chi connectivity index (χ0v) is 11.3. The highest BCUT2D eigenvalue weighted by Gasteiger charge is 2.25. The normalized spacial score (nSPS) is 21.0. The van der Waals surface area contributed by atoms with E-state index in [0.717, 1.165) is 28.7 Å². The third-order valence-electron chi connectivity index (χ3n) is 2.38. The highest BCUT2D eigenvalue weighted by molar-refractivity contribution is 9.10. The molecule has 1 aromatic rings. The van der Waals surface area contributed by atoms with E-state index >= 15 is 0 Å². The Morgan fingerprint density at radius 2 is 2.40 bits per heavy atom. The van der Waals surface area contributed by atoms with Gasteiger partial charge in [0, 0.05) is 23.0 Å². The Morgan fingerprint density at radius 1 is 1.67 bits per heavy atom. The Labute approximate surface area is 105 Å². The molecule has 1 unspecified atom stereocenters. The molecule has 1 atom stereocenters. The van der Waals surface area contributed by atoms with Gasteiger partial charge in [-0.05, 0) is 34.8 Å². The van der Waals surface area contributed by atoms with E-state index < -0.39 is 11.0 Å². The fourth-order valence-electron chi connectivity index (χ4n) is 1.59. The van der Waals surface area contributed by atoms with E-state index in [0.29, 0.717) is 10.9 Å². The number of aromatic nitrogens is 1. The van der Waals surface area contributed by atoms with Crippen LogP contribution in [0.1, 0.15) is 12.0 Å². The summed E-state index contributed by atoms with van der Waals surface area (Å²) in [6.45, 7) is 2.73. The maximum atomic E-state index is 11.7. The lowest BCUT2D eigenvalue weighted by Gasteiger charge is -2.19. The van der Waals surface area contributed by atoms with E-state index in [1.54, 1.807) is 6.20 Å². The minimum Gasteiger partial charge on any atom is -0.288 e. The predicted molar refractivity (Wildman–Crippen MR) is 66.7 cm³/mol.